The maximum Gasteiger partial charge on any atom is 0.276 e. The number of likely N-dealkylation sites (tertiary alicyclic amines) is 1. The second kappa shape index (κ2) is 6.61. The first-order valence-corrected chi connectivity index (χ1v) is 8.85. The number of aromatic nitrogens is 1. The zero-order chi connectivity index (χ0) is 15.6. The summed E-state index contributed by atoms with van der Waals surface area (Å²) in [6.45, 7) is 6.43. The molecule has 2 saturated heterocycles. The summed E-state index contributed by atoms with van der Waals surface area (Å²) in [4.78, 5) is 17.1. The quantitative estimate of drug-likeness (QED) is 0.846. The van der Waals surface area contributed by atoms with Crippen LogP contribution in [0.3, 0.4) is 0 Å². The minimum atomic E-state index is 0.0346. The molecule has 0 radical (unpaired) electrons. The summed E-state index contributed by atoms with van der Waals surface area (Å²) in [5.41, 5.74) is 0.485. The summed E-state index contributed by atoms with van der Waals surface area (Å²) in [5.74, 6) is 1.97. The zero-order valence-corrected chi connectivity index (χ0v) is 13.6. The summed E-state index contributed by atoms with van der Waals surface area (Å²) in [7, 11) is 0. The minimum absolute atomic E-state index is 0.0346. The highest BCUT2D eigenvalue weighted by Crippen LogP contribution is 2.40. The van der Waals surface area contributed by atoms with E-state index in [9.17, 15) is 4.79 Å². The van der Waals surface area contributed by atoms with Crippen molar-refractivity contribution in [2.75, 3.05) is 45.9 Å². The molecule has 1 atom stereocenters. The van der Waals surface area contributed by atoms with Gasteiger partial charge < -0.3 is 14.2 Å². The lowest BCUT2D eigenvalue weighted by Crippen LogP contribution is -2.46. The zero-order valence-electron chi connectivity index (χ0n) is 13.6. The van der Waals surface area contributed by atoms with E-state index >= 15 is 0 Å². The van der Waals surface area contributed by atoms with E-state index in [0.29, 0.717) is 17.5 Å². The molecule has 2 aliphatic heterocycles. The van der Waals surface area contributed by atoms with Crippen LogP contribution in [0.25, 0.3) is 0 Å². The Bertz CT molecular complexity index is 549. The molecule has 4 rings (SSSR count). The van der Waals surface area contributed by atoms with Crippen molar-refractivity contribution in [1.29, 1.82) is 0 Å². The summed E-state index contributed by atoms with van der Waals surface area (Å²) < 4.78 is 10.7. The van der Waals surface area contributed by atoms with Crippen molar-refractivity contribution in [2.45, 2.75) is 31.6 Å². The van der Waals surface area contributed by atoms with Crippen LogP contribution in [-0.4, -0.2) is 66.8 Å². The van der Waals surface area contributed by atoms with Crippen LogP contribution in [-0.2, 0) is 4.74 Å². The number of amides is 1. The standard InChI is InChI=1S/C17H25N3O3/c21-17(15-10-16(23-18-15)14-3-4-14)20-5-1-2-13(12-20)11-19-6-8-22-9-7-19/h10,13-14H,1-9,11-12H2. The Hall–Kier alpha value is -1.40. The third-order valence-electron chi connectivity index (χ3n) is 5.15. The number of carbonyl (C=O) groups excluding carboxylic acids is 1. The van der Waals surface area contributed by atoms with Gasteiger partial charge in [0.2, 0.25) is 0 Å². The molecule has 1 unspecified atom stereocenters. The second-order valence-corrected chi connectivity index (χ2v) is 7.06. The number of nitrogens with zero attached hydrogens (tertiary/aromatic N) is 3. The molecule has 1 amide bonds. The lowest BCUT2D eigenvalue weighted by molar-refractivity contribution is 0.0222. The van der Waals surface area contributed by atoms with E-state index < -0.39 is 0 Å². The Morgan fingerprint density at radius 1 is 1.22 bits per heavy atom. The minimum Gasteiger partial charge on any atom is -0.379 e. The van der Waals surface area contributed by atoms with Crippen molar-refractivity contribution >= 4 is 5.91 Å². The molecule has 1 aromatic heterocycles. The molecule has 23 heavy (non-hydrogen) atoms. The predicted octanol–water partition coefficient (Wildman–Crippen LogP) is 1.74. The highest BCUT2D eigenvalue weighted by molar-refractivity contribution is 5.92. The molecule has 6 heteroatoms. The van der Waals surface area contributed by atoms with Gasteiger partial charge in [-0.3, -0.25) is 9.69 Å². The van der Waals surface area contributed by atoms with Crippen molar-refractivity contribution < 1.29 is 14.1 Å². The van der Waals surface area contributed by atoms with E-state index in [2.05, 4.69) is 10.1 Å². The first-order valence-electron chi connectivity index (χ1n) is 8.85. The molecule has 126 valence electrons. The number of hydrogen-bond acceptors (Lipinski definition) is 5. The third kappa shape index (κ3) is 3.58. The topological polar surface area (TPSA) is 58.8 Å². The summed E-state index contributed by atoms with van der Waals surface area (Å²) >= 11 is 0. The second-order valence-electron chi connectivity index (χ2n) is 7.06. The molecular formula is C17H25N3O3. The van der Waals surface area contributed by atoms with Gasteiger partial charge in [0, 0.05) is 44.7 Å². The molecule has 0 aromatic carbocycles. The summed E-state index contributed by atoms with van der Waals surface area (Å²) in [6.07, 6.45) is 4.60. The number of ether oxygens (including phenoxy) is 1. The molecule has 0 spiro atoms. The number of hydrogen-bond donors (Lipinski definition) is 0. The average Bonchev–Trinajstić information content (AvgIpc) is 3.33. The average molecular weight is 319 g/mol. The Morgan fingerprint density at radius 2 is 2.04 bits per heavy atom. The molecular weight excluding hydrogens is 294 g/mol. The number of piperidine rings is 1. The predicted molar refractivity (Wildman–Crippen MR) is 84.4 cm³/mol. The van der Waals surface area contributed by atoms with Crippen LogP contribution in [0.1, 0.15) is 47.8 Å². The van der Waals surface area contributed by atoms with Crippen molar-refractivity contribution in [3.05, 3.63) is 17.5 Å². The highest BCUT2D eigenvalue weighted by atomic mass is 16.5. The van der Waals surface area contributed by atoms with Gasteiger partial charge in [0.25, 0.3) is 5.91 Å². The first kappa shape index (κ1) is 15.1. The normalized spacial score (nSPS) is 26.4. The van der Waals surface area contributed by atoms with Gasteiger partial charge in [-0.05, 0) is 31.6 Å². The van der Waals surface area contributed by atoms with Crippen LogP contribution in [0.5, 0.6) is 0 Å². The molecule has 0 bridgehead atoms. The summed E-state index contributed by atoms with van der Waals surface area (Å²) in [6, 6.07) is 1.85. The molecule has 3 heterocycles. The van der Waals surface area contributed by atoms with Gasteiger partial charge in [-0.2, -0.15) is 0 Å². The fourth-order valence-corrected chi connectivity index (χ4v) is 3.66. The van der Waals surface area contributed by atoms with E-state index in [4.69, 9.17) is 9.26 Å². The Labute approximate surface area is 136 Å². The van der Waals surface area contributed by atoms with Crippen LogP contribution < -0.4 is 0 Å². The van der Waals surface area contributed by atoms with Crippen molar-refractivity contribution in [3.8, 4) is 0 Å². The van der Waals surface area contributed by atoms with Crippen LogP contribution >= 0.6 is 0 Å². The van der Waals surface area contributed by atoms with Crippen LogP contribution in [0, 0.1) is 5.92 Å². The Balaban J connectivity index is 1.34. The van der Waals surface area contributed by atoms with E-state index in [1.54, 1.807) is 0 Å². The SMILES string of the molecule is O=C(c1cc(C2CC2)on1)N1CCCC(CN2CCOCC2)C1. The molecule has 3 fully saturated rings. The Kier molecular flexibility index (Phi) is 4.35. The van der Waals surface area contributed by atoms with E-state index in [-0.39, 0.29) is 5.91 Å². The number of morpholine rings is 1. The van der Waals surface area contributed by atoms with Crippen LogP contribution in [0.4, 0.5) is 0 Å². The maximum atomic E-state index is 12.7. The van der Waals surface area contributed by atoms with Gasteiger partial charge in [-0.25, -0.2) is 0 Å². The number of rotatable bonds is 4. The molecule has 3 aliphatic rings. The van der Waals surface area contributed by atoms with Gasteiger partial charge in [0.15, 0.2) is 5.69 Å². The molecule has 6 nitrogen and oxygen atoms in total. The van der Waals surface area contributed by atoms with E-state index in [1.807, 2.05) is 11.0 Å². The van der Waals surface area contributed by atoms with Crippen LogP contribution in [0.2, 0.25) is 0 Å². The van der Waals surface area contributed by atoms with Gasteiger partial charge in [0.1, 0.15) is 5.76 Å². The smallest absolute Gasteiger partial charge is 0.276 e. The summed E-state index contributed by atoms with van der Waals surface area (Å²) in [5, 5.41) is 4.00. The largest absolute Gasteiger partial charge is 0.379 e. The van der Waals surface area contributed by atoms with Crippen molar-refractivity contribution in [3.63, 3.8) is 0 Å². The number of carbonyl (C=O) groups is 1. The lowest BCUT2D eigenvalue weighted by atomic mass is 9.97. The van der Waals surface area contributed by atoms with E-state index in [0.717, 1.165) is 71.0 Å². The molecule has 1 aromatic rings. The van der Waals surface area contributed by atoms with Gasteiger partial charge in [0.05, 0.1) is 13.2 Å². The molecule has 1 aliphatic carbocycles. The van der Waals surface area contributed by atoms with Crippen LogP contribution in [0.15, 0.2) is 10.6 Å². The monoisotopic (exact) mass is 319 g/mol. The van der Waals surface area contributed by atoms with Gasteiger partial charge in [-0.1, -0.05) is 5.16 Å². The van der Waals surface area contributed by atoms with Gasteiger partial charge >= 0.3 is 0 Å². The fraction of sp³-hybridized carbons (Fsp3) is 0.765. The van der Waals surface area contributed by atoms with E-state index in [1.165, 1.54) is 6.42 Å². The van der Waals surface area contributed by atoms with Crippen molar-refractivity contribution in [2.24, 2.45) is 5.92 Å². The maximum absolute atomic E-state index is 12.7. The molecule has 0 N–H and O–H groups in total. The van der Waals surface area contributed by atoms with Gasteiger partial charge in [-0.15, -0.1) is 0 Å². The fourth-order valence-electron chi connectivity index (χ4n) is 3.66. The first-order chi connectivity index (χ1) is 11.3. The third-order valence-corrected chi connectivity index (χ3v) is 5.15. The highest BCUT2D eigenvalue weighted by Gasteiger charge is 2.31. The Morgan fingerprint density at radius 3 is 2.83 bits per heavy atom. The molecule has 1 saturated carbocycles. The lowest BCUT2D eigenvalue weighted by Gasteiger charge is -2.36. The van der Waals surface area contributed by atoms with Crippen molar-refractivity contribution in [1.82, 2.24) is 15.0 Å².